The van der Waals surface area contributed by atoms with Gasteiger partial charge in [-0.05, 0) is 49.7 Å². The van der Waals surface area contributed by atoms with Crippen molar-refractivity contribution in [2.45, 2.75) is 13.8 Å². The molecule has 0 spiro atoms. The molecule has 0 aliphatic rings. The second-order valence-corrected chi connectivity index (χ2v) is 5.62. The van der Waals surface area contributed by atoms with E-state index in [4.69, 9.17) is 11.6 Å². The first-order chi connectivity index (χ1) is 10.9. The van der Waals surface area contributed by atoms with E-state index in [1.54, 1.807) is 25.4 Å². The van der Waals surface area contributed by atoms with Gasteiger partial charge in [-0.25, -0.2) is 13.8 Å². The molecule has 0 bridgehead atoms. The minimum absolute atomic E-state index is 0.235. The summed E-state index contributed by atoms with van der Waals surface area (Å²) in [6.45, 7) is 4.55. The molecule has 1 N–H and O–H groups in total. The summed E-state index contributed by atoms with van der Waals surface area (Å²) >= 11 is 5.72. The Hall–Kier alpha value is -2.14. The lowest BCUT2D eigenvalue weighted by Gasteiger charge is -2.13. The summed E-state index contributed by atoms with van der Waals surface area (Å²) in [7, 11) is 1.85. The lowest BCUT2D eigenvalue weighted by molar-refractivity contribution is 0.551. The molecule has 2 aromatic carbocycles. The molecule has 3 nitrogen and oxygen atoms in total. The molecular formula is C17H18ClF2N3. The molecule has 6 heteroatoms. The van der Waals surface area contributed by atoms with Gasteiger partial charge in [0.15, 0.2) is 5.82 Å². The number of anilines is 2. The zero-order chi connectivity index (χ0) is 17.0. The fourth-order valence-corrected chi connectivity index (χ4v) is 2.04. The highest BCUT2D eigenvalue weighted by Crippen LogP contribution is 2.29. The largest absolute Gasteiger partial charge is 0.366 e. The van der Waals surface area contributed by atoms with Crippen LogP contribution < -0.4 is 5.32 Å². The van der Waals surface area contributed by atoms with Crippen LogP contribution in [0.3, 0.4) is 0 Å². The second kappa shape index (κ2) is 7.42. The maximum atomic E-state index is 14.2. The zero-order valence-corrected chi connectivity index (χ0v) is 14.0. The van der Waals surface area contributed by atoms with Gasteiger partial charge >= 0.3 is 0 Å². The molecule has 2 aromatic rings. The highest BCUT2D eigenvalue weighted by atomic mass is 35.5. The van der Waals surface area contributed by atoms with Crippen LogP contribution in [0.4, 0.5) is 25.8 Å². The third-order valence-corrected chi connectivity index (χ3v) is 3.62. The summed E-state index contributed by atoms with van der Waals surface area (Å²) in [5.74, 6) is -0.975. The number of halogens is 3. The standard InChI is InChI=1S/C17H18ClF2N3/c1-4-23(3)10-21-17-7-11(2)16(9-14(17)20)22-15-6-5-12(18)8-13(15)19/h5-10,22H,4H2,1-3H3. The number of aliphatic imine (C=N–C) groups is 1. The van der Waals surface area contributed by atoms with Crippen LogP contribution in [-0.4, -0.2) is 24.8 Å². The van der Waals surface area contributed by atoms with Crippen molar-refractivity contribution in [2.75, 3.05) is 18.9 Å². The van der Waals surface area contributed by atoms with Crippen LogP contribution in [0.25, 0.3) is 0 Å². The van der Waals surface area contributed by atoms with Gasteiger partial charge in [-0.15, -0.1) is 0 Å². The molecule has 2 rings (SSSR count). The van der Waals surface area contributed by atoms with Crippen LogP contribution >= 0.6 is 11.6 Å². The van der Waals surface area contributed by atoms with Crippen molar-refractivity contribution in [3.63, 3.8) is 0 Å². The van der Waals surface area contributed by atoms with Crippen molar-refractivity contribution < 1.29 is 8.78 Å². The van der Waals surface area contributed by atoms with Gasteiger partial charge in [0.2, 0.25) is 0 Å². The lowest BCUT2D eigenvalue weighted by atomic mass is 10.1. The van der Waals surface area contributed by atoms with Gasteiger partial charge in [0.1, 0.15) is 11.5 Å². The van der Waals surface area contributed by atoms with E-state index < -0.39 is 11.6 Å². The van der Waals surface area contributed by atoms with Crippen molar-refractivity contribution in [2.24, 2.45) is 4.99 Å². The van der Waals surface area contributed by atoms with E-state index in [9.17, 15) is 8.78 Å². The molecule has 0 saturated heterocycles. The third kappa shape index (κ3) is 4.42. The van der Waals surface area contributed by atoms with Crippen molar-refractivity contribution >= 4 is 35.0 Å². The van der Waals surface area contributed by atoms with Gasteiger partial charge in [0, 0.05) is 24.3 Å². The number of nitrogens with zero attached hydrogens (tertiary/aromatic N) is 2. The first-order valence-corrected chi connectivity index (χ1v) is 7.55. The highest BCUT2D eigenvalue weighted by molar-refractivity contribution is 6.30. The number of aryl methyl sites for hydroxylation is 1. The summed E-state index contributed by atoms with van der Waals surface area (Å²) in [5.41, 5.74) is 1.71. The van der Waals surface area contributed by atoms with Gasteiger partial charge in [-0.3, -0.25) is 0 Å². The number of hydrogen-bond donors (Lipinski definition) is 1. The molecule has 0 amide bonds. The Labute approximate surface area is 139 Å². The van der Waals surface area contributed by atoms with Gasteiger partial charge in [-0.2, -0.15) is 0 Å². The van der Waals surface area contributed by atoms with E-state index in [2.05, 4.69) is 10.3 Å². The fourth-order valence-electron chi connectivity index (χ4n) is 1.88. The van der Waals surface area contributed by atoms with Crippen LogP contribution in [0.5, 0.6) is 0 Å². The van der Waals surface area contributed by atoms with Gasteiger partial charge in [0.05, 0.1) is 12.0 Å². The number of rotatable bonds is 5. The summed E-state index contributed by atoms with van der Waals surface area (Å²) < 4.78 is 28.0. The second-order valence-electron chi connectivity index (χ2n) is 5.19. The minimum atomic E-state index is -0.496. The van der Waals surface area contributed by atoms with Gasteiger partial charge in [0.25, 0.3) is 0 Å². The van der Waals surface area contributed by atoms with Crippen molar-refractivity contribution in [3.8, 4) is 0 Å². The maximum Gasteiger partial charge on any atom is 0.150 e. The van der Waals surface area contributed by atoms with Crippen LogP contribution in [-0.2, 0) is 0 Å². The highest BCUT2D eigenvalue weighted by Gasteiger charge is 2.09. The number of nitrogens with one attached hydrogen (secondary N) is 1. The molecule has 0 radical (unpaired) electrons. The van der Waals surface area contributed by atoms with E-state index in [1.807, 2.05) is 18.9 Å². The normalized spacial score (nSPS) is 11.0. The first kappa shape index (κ1) is 17.2. The van der Waals surface area contributed by atoms with E-state index in [0.29, 0.717) is 10.7 Å². The summed E-state index contributed by atoms with van der Waals surface area (Å²) in [5, 5.41) is 3.18. The lowest BCUT2D eigenvalue weighted by Crippen LogP contribution is -2.14. The molecule has 0 heterocycles. The Morgan fingerprint density at radius 3 is 2.57 bits per heavy atom. The zero-order valence-electron chi connectivity index (χ0n) is 13.2. The van der Waals surface area contributed by atoms with Crippen LogP contribution in [0.1, 0.15) is 12.5 Å². The first-order valence-electron chi connectivity index (χ1n) is 7.17. The molecule has 0 aliphatic heterocycles. The molecule has 122 valence electrons. The molecule has 0 unspecified atom stereocenters. The molecule has 23 heavy (non-hydrogen) atoms. The van der Waals surface area contributed by atoms with Crippen molar-refractivity contribution in [1.29, 1.82) is 0 Å². The quantitative estimate of drug-likeness (QED) is 0.593. The Balaban J connectivity index is 2.27. The Kier molecular flexibility index (Phi) is 5.55. The van der Waals surface area contributed by atoms with Crippen LogP contribution in [0.15, 0.2) is 35.3 Å². The van der Waals surface area contributed by atoms with Crippen molar-refractivity contribution in [1.82, 2.24) is 4.90 Å². The van der Waals surface area contributed by atoms with Crippen molar-refractivity contribution in [3.05, 3.63) is 52.6 Å². The summed E-state index contributed by atoms with van der Waals surface area (Å²) in [6, 6.07) is 7.21. The van der Waals surface area contributed by atoms with E-state index in [-0.39, 0.29) is 11.4 Å². The molecule has 0 aromatic heterocycles. The predicted octanol–water partition coefficient (Wildman–Crippen LogP) is 5.28. The Morgan fingerprint density at radius 1 is 1.17 bits per heavy atom. The Bertz CT molecular complexity index is 732. The van der Waals surface area contributed by atoms with Gasteiger partial charge < -0.3 is 10.2 Å². The number of benzene rings is 2. The van der Waals surface area contributed by atoms with Crippen LogP contribution in [0, 0.1) is 18.6 Å². The monoisotopic (exact) mass is 337 g/mol. The van der Waals surface area contributed by atoms with E-state index in [0.717, 1.165) is 12.1 Å². The molecule has 0 atom stereocenters. The molecule has 0 fully saturated rings. The fraction of sp³-hybridized carbons (Fsp3) is 0.235. The smallest absolute Gasteiger partial charge is 0.150 e. The topological polar surface area (TPSA) is 27.6 Å². The summed E-state index contributed by atoms with van der Waals surface area (Å²) in [4.78, 5) is 5.96. The molecule has 0 saturated carbocycles. The average molecular weight is 338 g/mol. The van der Waals surface area contributed by atoms with E-state index >= 15 is 0 Å². The Morgan fingerprint density at radius 2 is 1.91 bits per heavy atom. The van der Waals surface area contributed by atoms with Gasteiger partial charge in [-0.1, -0.05) is 11.6 Å². The predicted molar refractivity (Wildman–Crippen MR) is 92.3 cm³/mol. The van der Waals surface area contributed by atoms with Crippen LogP contribution in [0.2, 0.25) is 5.02 Å². The summed E-state index contributed by atoms with van der Waals surface area (Å²) in [6.07, 6.45) is 1.57. The third-order valence-electron chi connectivity index (χ3n) is 3.39. The maximum absolute atomic E-state index is 14.2. The number of hydrogen-bond acceptors (Lipinski definition) is 2. The molecular weight excluding hydrogens is 320 g/mol. The molecule has 0 aliphatic carbocycles. The minimum Gasteiger partial charge on any atom is -0.366 e. The average Bonchev–Trinajstić information content (AvgIpc) is 2.51. The SMILES string of the molecule is CCN(C)C=Nc1cc(C)c(Nc2ccc(Cl)cc2F)cc1F. The van der Waals surface area contributed by atoms with E-state index in [1.165, 1.54) is 18.2 Å².